The van der Waals surface area contributed by atoms with Gasteiger partial charge in [-0.2, -0.15) is 0 Å². The van der Waals surface area contributed by atoms with E-state index in [1.807, 2.05) is 0 Å². The Hall–Kier alpha value is -0.350. The SMILES string of the molecule is CS(=O)(=O)C1CCCC1NCC1CC=CCC1. The van der Waals surface area contributed by atoms with Gasteiger partial charge in [0.25, 0.3) is 0 Å². The van der Waals surface area contributed by atoms with Gasteiger partial charge in [0.05, 0.1) is 5.25 Å². The van der Waals surface area contributed by atoms with E-state index < -0.39 is 9.84 Å². The first-order chi connectivity index (χ1) is 8.07. The molecule has 3 atom stereocenters. The Morgan fingerprint density at radius 1 is 1.24 bits per heavy atom. The smallest absolute Gasteiger partial charge is 0.151 e. The molecule has 17 heavy (non-hydrogen) atoms. The molecule has 0 radical (unpaired) electrons. The summed E-state index contributed by atoms with van der Waals surface area (Å²) >= 11 is 0. The third kappa shape index (κ3) is 3.55. The molecule has 0 bridgehead atoms. The lowest BCUT2D eigenvalue weighted by Crippen LogP contribution is -2.42. The minimum Gasteiger partial charge on any atom is -0.312 e. The Labute approximate surface area is 105 Å². The molecule has 1 saturated carbocycles. The standard InChI is InChI=1S/C13H23NO2S/c1-17(15,16)13-9-5-8-12(13)14-10-11-6-3-2-4-7-11/h2-3,11-14H,4-10H2,1H3. The summed E-state index contributed by atoms with van der Waals surface area (Å²) < 4.78 is 23.3. The summed E-state index contributed by atoms with van der Waals surface area (Å²) in [6.45, 7) is 0.973. The zero-order valence-corrected chi connectivity index (χ0v) is 11.4. The van der Waals surface area contributed by atoms with Gasteiger partial charge in [-0.3, -0.25) is 0 Å². The number of rotatable bonds is 4. The minimum atomic E-state index is -2.88. The van der Waals surface area contributed by atoms with Crippen LogP contribution in [0.4, 0.5) is 0 Å². The molecule has 1 fully saturated rings. The fourth-order valence-corrected chi connectivity index (χ4v) is 4.46. The lowest BCUT2D eigenvalue weighted by atomic mass is 9.94. The predicted molar refractivity (Wildman–Crippen MR) is 70.8 cm³/mol. The van der Waals surface area contributed by atoms with E-state index >= 15 is 0 Å². The third-order valence-corrected chi connectivity index (χ3v) is 5.71. The van der Waals surface area contributed by atoms with E-state index in [2.05, 4.69) is 17.5 Å². The molecule has 4 heteroatoms. The molecule has 0 saturated heterocycles. The van der Waals surface area contributed by atoms with E-state index in [4.69, 9.17) is 0 Å². The Balaban J connectivity index is 1.84. The molecule has 0 heterocycles. The second kappa shape index (κ2) is 5.53. The average molecular weight is 257 g/mol. The van der Waals surface area contributed by atoms with Crippen molar-refractivity contribution >= 4 is 9.84 Å². The minimum absolute atomic E-state index is 0.151. The first-order valence-corrected chi connectivity index (χ1v) is 8.60. The number of sulfone groups is 1. The van der Waals surface area contributed by atoms with E-state index in [0.717, 1.165) is 32.2 Å². The number of nitrogens with one attached hydrogen (secondary N) is 1. The largest absolute Gasteiger partial charge is 0.312 e. The summed E-state index contributed by atoms with van der Waals surface area (Å²) in [6, 6.07) is 0.191. The van der Waals surface area contributed by atoms with Gasteiger partial charge in [-0.05, 0) is 44.6 Å². The van der Waals surface area contributed by atoms with E-state index in [1.54, 1.807) is 0 Å². The zero-order valence-electron chi connectivity index (χ0n) is 10.6. The van der Waals surface area contributed by atoms with Gasteiger partial charge in [0.15, 0.2) is 9.84 Å². The molecule has 0 aromatic heterocycles. The quantitative estimate of drug-likeness (QED) is 0.782. The number of hydrogen-bond donors (Lipinski definition) is 1. The van der Waals surface area contributed by atoms with E-state index in [0.29, 0.717) is 5.92 Å². The van der Waals surface area contributed by atoms with Crippen LogP contribution in [-0.4, -0.2) is 32.5 Å². The molecule has 98 valence electrons. The van der Waals surface area contributed by atoms with Gasteiger partial charge in [0.1, 0.15) is 0 Å². The maximum Gasteiger partial charge on any atom is 0.151 e. The highest BCUT2D eigenvalue weighted by Crippen LogP contribution is 2.26. The van der Waals surface area contributed by atoms with Crippen molar-refractivity contribution in [3.63, 3.8) is 0 Å². The van der Waals surface area contributed by atoms with Crippen LogP contribution in [0.3, 0.4) is 0 Å². The highest BCUT2D eigenvalue weighted by atomic mass is 32.2. The Morgan fingerprint density at radius 3 is 2.71 bits per heavy atom. The average Bonchev–Trinajstić information content (AvgIpc) is 2.75. The lowest BCUT2D eigenvalue weighted by Gasteiger charge is -2.24. The normalized spacial score (nSPS) is 34.1. The van der Waals surface area contributed by atoms with Crippen LogP contribution in [0.15, 0.2) is 12.2 Å². The summed E-state index contributed by atoms with van der Waals surface area (Å²) in [5.41, 5.74) is 0. The summed E-state index contributed by atoms with van der Waals surface area (Å²) in [7, 11) is -2.88. The summed E-state index contributed by atoms with van der Waals surface area (Å²) in [5, 5.41) is 3.34. The van der Waals surface area contributed by atoms with Crippen molar-refractivity contribution in [1.82, 2.24) is 5.32 Å². The van der Waals surface area contributed by atoms with Gasteiger partial charge in [-0.15, -0.1) is 0 Å². The molecular weight excluding hydrogens is 234 g/mol. The molecule has 2 aliphatic carbocycles. The first kappa shape index (κ1) is 13.1. The van der Waals surface area contributed by atoms with Crippen LogP contribution in [0.25, 0.3) is 0 Å². The maximum atomic E-state index is 11.6. The summed E-state index contributed by atoms with van der Waals surface area (Å²) in [5.74, 6) is 0.695. The fourth-order valence-electron chi connectivity index (χ4n) is 3.03. The number of hydrogen-bond acceptors (Lipinski definition) is 3. The fraction of sp³-hybridized carbons (Fsp3) is 0.846. The monoisotopic (exact) mass is 257 g/mol. The van der Waals surface area contributed by atoms with Gasteiger partial charge < -0.3 is 5.32 Å². The highest BCUT2D eigenvalue weighted by Gasteiger charge is 2.34. The first-order valence-electron chi connectivity index (χ1n) is 6.64. The third-order valence-electron chi connectivity index (χ3n) is 4.05. The maximum absolute atomic E-state index is 11.6. The molecule has 1 N–H and O–H groups in total. The molecule has 0 aliphatic heterocycles. The highest BCUT2D eigenvalue weighted by molar-refractivity contribution is 7.91. The summed E-state index contributed by atoms with van der Waals surface area (Å²) in [6.07, 6.45) is 12.3. The van der Waals surface area contributed by atoms with Crippen LogP contribution in [-0.2, 0) is 9.84 Å². The lowest BCUT2D eigenvalue weighted by molar-refractivity contribution is 0.402. The summed E-state index contributed by atoms with van der Waals surface area (Å²) in [4.78, 5) is 0. The van der Waals surface area contributed by atoms with Gasteiger partial charge in [-0.25, -0.2) is 8.42 Å². The van der Waals surface area contributed by atoms with Gasteiger partial charge in [0.2, 0.25) is 0 Å². The van der Waals surface area contributed by atoms with Crippen LogP contribution < -0.4 is 5.32 Å². The second-order valence-corrected chi connectivity index (χ2v) is 7.73. The Morgan fingerprint density at radius 2 is 2.06 bits per heavy atom. The van der Waals surface area contributed by atoms with Crippen LogP contribution in [0.5, 0.6) is 0 Å². The van der Waals surface area contributed by atoms with Crippen molar-refractivity contribution < 1.29 is 8.42 Å². The van der Waals surface area contributed by atoms with Crippen LogP contribution >= 0.6 is 0 Å². The molecular formula is C13H23NO2S. The number of allylic oxidation sites excluding steroid dienone is 2. The molecule has 2 aliphatic rings. The van der Waals surface area contributed by atoms with Crippen molar-refractivity contribution in [2.45, 2.75) is 49.8 Å². The van der Waals surface area contributed by atoms with Crippen molar-refractivity contribution in [3.05, 3.63) is 12.2 Å². The molecule has 3 unspecified atom stereocenters. The van der Waals surface area contributed by atoms with Crippen LogP contribution in [0.2, 0.25) is 0 Å². The molecule has 0 spiro atoms. The predicted octanol–water partition coefficient (Wildman–Crippen LogP) is 1.90. The van der Waals surface area contributed by atoms with E-state index in [1.165, 1.54) is 19.1 Å². The van der Waals surface area contributed by atoms with Gasteiger partial charge >= 0.3 is 0 Å². The van der Waals surface area contributed by atoms with Crippen molar-refractivity contribution in [2.75, 3.05) is 12.8 Å². The molecule has 0 aromatic carbocycles. The molecule has 0 amide bonds. The second-order valence-electron chi connectivity index (χ2n) is 5.46. The molecule has 3 nitrogen and oxygen atoms in total. The van der Waals surface area contributed by atoms with Gasteiger partial charge in [0, 0.05) is 12.3 Å². The van der Waals surface area contributed by atoms with Crippen LogP contribution in [0, 0.1) is 5.92 Å². The van der Waals surface area contributed by atoms with E-state index in [-0.39, 0.29) is 11.3 Å². The molecule has 0 aromatic rings. The topological polar surface area (TPSA) is 46.2 Å². The molecule has 2 rings (SSSR count). The van der Waals surface area contributed by atoms with Crippen molar-refractivity contribution in [3.8, 4) is 0 Å². The van der Waals surface area contributed by atoms with Crippen molar-refractivity contribution in [2.24, 2.45) is 5.92 Å². The Bertz CT molecular complexity index is 375. The van der Waals surface area contributed by atoms with E-state index in [9.17, 15) is 8.42 Å². The zero-order chi connectivity index (χ0) is 12.3. The van der Waals surface area contributed by atoms with Crippen LogP contribution in [0.1, 0.15) is 38.5 Å². The van der Waals surface area contributed by atoms with Crippen molar-refractivity contribution in [1.29, 1.82) is 0 Å². The van der Waals surface area contributed by atoms with Gasteiger partial charge in [-0.1, -0.05) is 18.6 Å². The Kier molecular flexibility index (Phi) is 4.26.